The number of rotatable bonds is 8. The summed E-state index contributed by atoms with van der Waals surface area (Å²) in [6.07, 6.45) is 0. The third-order valence-corrected chi connectivity index (χ3v) is 5.54. The van der Waals surface area contributed by atoms with Crippen LogP contribution in [0.1, 0.15) is 22.8 Å². The number of hydrogen-bond acceptors (Lipinski definition) is 4. The second kappa shape index (κ2) is 9.41. The van der Waals surface area contributed by atoms with Crippen LogP contribution in [0, 0.1) is 5.82 Å². The van der Waals surface area contributed by atoms with Gasteiger partial charge in [-0.2, -0.15) is 0 Å². The van der Waals surface area contributed by atoms with Gasteiger partial charge in [0.15, 0.2) is 0 Å². The Hall–Kier alpha value is -3.39. The Kier molecular flexibility index (Phi) is 6.68. The first-order valence-corrected chi connectivity index (χ1v) is 10.7. The van der Waals surface area contributed by atoms with Gasteiger partial charge in [0, 0.05) is 17.8 Å². The molecule has 1 amide bonds. The molecular weight excluding hydrogens is 407 g/mol. The normalized spacial score (nSPS) is 11.0. The molecule has 0 radical (unpaired) electrons. The summed E-state index contributed by atoms with van der Waals surface area (Å²) in [5, 5.41) is 2.77. The van der Waals surface area contributed by atoms with Gasteiger partial charge in [-0.15, -0.1) is 0 Å². The van der Waals surface area contributed by atoms with Gasteiger partial charge in [0.05, 0.1) is 11.5 Å². The first kappa shape index (κ1) is 21.3. The van der Waals surface area contributed by atoms with Gasteiger partial charge in [-0.3, -0.25) is 9.52 Å². The quantitative estimate of drug-likeness (QED) is 0.569. The number of anilines is 1. The Labute approximate surface area is 174 Å². The molecule has 3 aromatic rings. The van der Waals surface area contributed by atoms with E-state index in [1.807, 2.05) is 31.2 Å². The summed E-state index contributed by atoms with van der Waals surface area (Å²) in [5.74, 6) is -0.164. The average Bonchev–Trinajstić information content (AvgIpc) is 2.74. The van der Waals surface area contributed by atoms with Crippen molar-refractivity contribution in [1.29, 1.82) is 0 Å². The minimum atomic E-state index is -3.93. The molecule has 8 heteroatoms. The second-order valence-electron chi connectivity index (χ2n) is 6.40. The lowest BCUT2D eigenvalue weighted by atomic mass is 10.2. The number of nitrogens with one attached hydrogen (secondary N) is 2. The van der Waals surface area contributed by atoms with E-state index >= 15 is 0 Å². The van der Waals surface area contributed by atoms with Crippen LogP contribution in [0.25, 0.3) is 0 Å². The molecule has 3 aromatic carbocycles. The van der Waals surface area contributed by atoms with Gasteiger partial charge >= 0.3 is 0 Å². The van der Waals surface area contributed by atoms with E-state index in [0.717, 1.165) is 17.7 Å². The molecule has 2 N–H and O–H groups in total. The highest BCUT2D eigenvalue weighted by Gasteiger charge is 2.16. The summed E-state index contributed by atoms with van der Waals surface area (Å²) in [6.45, 7) is 2.70. The maximum Gasteiger partial charge on any atom is 0.261 e. The van der Waals surface area contributed by atoms with Gasteiger partial charge in [-0.1, -0.05) is 18.2 Å². The van der Waals surface area contributed by atoms with Gasteiger partial charge in [0.2, 0.25) is 0 Å². The number of ether oxygens (including phenoxy) is 1. The zero-order valence-electron chi connectivity index (χ0n) is 16.3. The lowest BCUT2D eigenvalue weighted by molar-refractivity contribution is 0.0950. The van der Waals surface area contributed by atoms with Crippen molar-refractivity contribution in [1.82, 2.24) is 5.32 Å². The Balaban J connectivity index is 1.70. The van der Waals surface area contributed by atoms with E-state index < -0.39 is 21.7 Å². The maximum absolute atomic E-state index is 13.0. The largest absolute Gasteiger partial charge is 0.494 e. The Morgan fingerprint density at radius 2 is 1.73 bits per heavy atom. The fraction of sp³-hybridized carbons (Fsp3) is 0.136. The lowest BCUT2D eigenvalue weighted by Crippen LogP contribution is -2.23. The van der Waals surface area contributed by atoms with Gasteiger partial charge in [0.25, 0.3) is 15.9 Å². The number of sulfonamides is 1. The zero-order chi connectivity index (χ0) is 21.6. The summed E-state index contributed by atoms with van der Waals surface area (Å²) >= 11 is 0. The number of carbonyl (C=O) groups excluding carboxylic acids is 1. The number of hydrogen-bond donors (Lipinski definition) is 2. The molecule has 0 fully saturated rings. The summed E-state index contributed by atoms with van der Waals surface area (Å²) in [7, 11) is -3.93. The molecule has 0 bridgehead atoms. The van der Waals surface area contributed by atoms with Crippen LogP contribution < -0.4 is 14.8 Å². The topological polar surface area (TPSA) is 84.5 Å². The van der Waals surface area contributed by atoms with Crippen LogP contribution in [0.2, 0.25) is 0 Å². The minimum absolute atomic E-state index is 0.0715. The minimum Gasteiger partial charge on any atom is -0.494 e. The van der Waals surface area contributed by atoms with Gasteiger partial charge in [0.1, 0.15) is 11.6 Å². The summed E-state index contributed by atoms with van der Waals surface area (Å²) in [4.78, 5) is 12.4. The van der Waals surface area contributed by atoms with Gasteiger partial charge < -0.3 is 10.1 Å². The van der Waals surface area contributed by atoms with Crippen LogP contribution >= 0.6 is 0 Å². The van der Waals surface area contributed by atoms with E-state index in [4.69, 9.17) is 4.74 Å². The van der Waals surface area contributed by atoms with Crippen LogP contribution in [0.15, 0.2) is 77.7 Å². The fourth-order valence-corrected chi connectivity index (χ4v) is 3.84. The standard InChI is InChI=1S/C22H21FN2O4S/c1-2-29-20-7-3-5-16(13-20)15-24-22(26)17-6-4-8-21(14-17)30(27,28)25-19-11-9-18(23)10-12-19/h3-14,25H,2,15H2,1H3,(H,24,26). The fourth-order valence-electron chi connectivity index (χ4n) is 2.73. The van der Waals surface area contributed by atoms with Gasteiger partial charge in [-0.25, -0.2) is 12.8 Å². The SMILES string of the molecule is CCOc1cccc(CNC(=O)c2cccc(S(=O)(=O)Nc3ccc(F)cc3)c2)c1. The number of benzene rings is 3. The Morgan fingerprint density at radius 1 is 1.00 bits per heavy atom. The summed E-state index contributed by atoms with van der Waals surface area (Å²) in [5.41, 5.74) is 1.29. The van der Waals surface area contributed by atoms with Crippen molar-refractivity contribution in [3.8, 4) is 5.75 Å². The Bertz CT molecular complexity index is 1130. The van der Waals surface area contributed by atoms with Gasteiger partial charge in [-0.05, 0) is 67.1 Å². The van der Waals surface area contributed by atoms with E-state index in [0.29, 0.717) is 12.4 Å². The molecule has 0 aliphatic heterocycles. The zero-order valence-corrected chi connectivity index (χ0v) is 17.1. The van der Waals surface area contributed by atoms with Crippen LogP contribution in [0.3, 0.4) is 0 Å². The number of halogens is 1. The molecule has 6 nitrogen and oxygen atoms in total. The highest BCUT2D eigenvalue weighted by Crippen LogP contribution is 2.18. The third kappa shape index (κ3) is 5.57. The molecule has 30 heavy (non-hydrogen) atoms. The van der Waals surface area contributed by atoms with Crippen LogP contribution in [0.4, 0.5) is 10.1 Å². The molecular formula is C22H21FN2O4S. The van der Waals surface area contributed by atoms with Crippen LogP contribution in [-0.4, -0.2) is 20.9 Å². The van der Waals surface area contributed by atoms with E-state index in [-0.39, 0.29) is 22.7 Å². The van der Waals surface area contributed by atoms with E-state index in [9.17, 15) is 17.6 Å². The molecule has 0 aliphatic carbocycles. The Morgan fingerprint density at radius 3 is 2.47 bits per heavy atom. The molecule has 0 atom stereocenters. The number of amides is 1. The molecule has 0 saturated heterocycles. The van der Waals surface area contributed by atoms with Crippen molar-refractivity contribution in [2.45, 2.75) is 18.4 Å². The van der Waals surface area contributed by atoms with Crippen LogP contribution in [0.5, 0.6) is 5.75 Å². The van der Waals surface area contributed by atoms with Crippen molar-refractivity contribution in [2.75, 3.05) is 11.3 Å². The summed E-state index contributed by atoms with van der Waals surface area (Å²) < 4.78 is 46.0. The van der Waals surface area contributed by atoms with E-state index in [1.165, 1.54) is 36.4 Å². The van der Waals surface area contributed by atoms with E-state index in [2.05, 4.69) is 10.0 Å². The molecule has 0 heterocycles. The van der Waals surface area contributed by atoms with Crippen LogP contribution in [-0.2, 0) is 16.6 Å². The molecule has 0 unspecified atom stereocenters. The molecule has 0 saturated carbocycles. The van der Waals surface area contributed by atoms with Crippen molar-refractivity contribution < 1.29 is 22.3 Å². The molecule has 0 aliphatic rings. The van der Waals surface area contributed by atoms with E-state index in [1.54, 1.807) is 0 Å². The predicted octanol–water partition coefficient (Wildman–Crippen LogP) is 3.96. The van der Waals surface area contributed by atoms with Crippen molar-refractivity contribution in [2.24, 2.45) is 0 Å². The first-order chi connectivity index (χ1) is 14.4. The molecule has 3 rings (SSSR count). The highest BCUT2D eigenvalue weighted by molar-refractivity contribution is 7.92. The predicted molar refractivity (Wildman–Crippen MR) is 112 cm³/mol. The van der Waals surface area contributed by atoms with Crippen molar-refractivity contribution >= 4 is 21.6 Å². The van der Waals surface area contributed by atoms with Crippen molar-refractivity contribution in [3.63, 3.8) is 0 Å². The molecule has 0 aromatic heterocycles. The highest BCUT2D eigenvalue weighted by atomic mass is 32.2. The summed E-state index contributed by atoms with van der Waals surface area (Å²) in [6, 6.07) is 18.0. The molecule has 0 spiro atoms. The maximum atomic E-state index is 13.0. The first-order valence-electron chi connectivity index (χ1n) is 9.26. The molecule has 156 valence electrons. The number of carbonyl (C=O) groups is 1. The monoisotopic (exact) mass is 428 g/mol. The second-order valence-corrected chi connectivity index (χ2v) is 8.09. The van der Waals surface area contributed by atoms with Crippen molar-refractivity contribution in [3.05, 3.63) is 89.7 Å². The lowest BCUT2D eigenvalue weighted by Gasteiger charge is -2.10. The smallest absolute Gasteiger partial charge is 0.261 e. The average molecular weight is 428 g/mol. The third-order valence-electron chi connectivity index (χ3n) is 4.17.